The number of piperidine rings is 3. The van der Waals surface area contributed by atoms with E-state index in [-0.39, 0.29) is 0 Å². The highest BCUT2D eigenvalue weighted by molar-refractivity contribution is 6.07. The van der Waals surface area contributed by atoms with E-state index in [0.717, 1.165) is 12.3 Å². The van der Waals surface area contributed by atoms with Gasteiger partial charge in [-0.25, -0.2) is 0 Å². The molecule has 0 aromatic rings. The molecule has 0 aromatic heterocycles. The maximum atomic E-state index is 4.83. The van der Waals surface area contributed by atoms with Gasteiger partial charge >= 0.3 is 0 Å². The van der Waals surface area contributed by atoms with Gasteiger partial charge in [0.1, 0.15) is 0 Å². The van der Waals surface area contributed by atoms with Gasteiger partial charge in [0.25, 0.3) is 0 Å². The zero-order valence-electron chi connectivity index (χ0n) is 8.74. The maximum absolute atomic E-state index is 4.83. The van der Waals surface area contributed by atoms with E-state index < -0.39 is 0 Å². The Bertz CT molecular complexity index is 443. The van der Waals surface area contributed by atoms with E-state index in [0.29, 0.717) is 0 Å². The lowest BCUT2D eigenvalue weighted by atomic mass is 9.83. The molecule has 0 N–H and O–H groups in total. The number of fused-ring (bicyclic) bond motifs is 3. The lowest BCUT2D eigenvalue weighted by Gasteiger charge is -2.42. The molecule has 1 aliphatic carbocycles. The van der Waals surface area contributed by atoms with E-state index >= 15 is 0 Å². The Morgan fingerprint density at radius 3 is 3.00 bits per heavy atom. The van der Waals surface area contributed by atoms with Crippen molar-refractivity contribution in [3.63, 3.8) is 0 Å². The molecule has 15 heavy (non-hydrogen) atoms. The number of rotatable bonds is 0. The number of allylic oxidation sites excluding steroid dienone is 5. The number of hydrogen-bond acceptors (Lipinski definition) is 2. The molecule has 2 heteroatoms. The first-order valence-electron chi connectivity index (χ1n) is 5.88. The summed E-state index contributed by atoms with van der Waals surface area (Å²) >= 11 is 0. The Labute approximate surface area is 89.7 Å². The van der Waals surface area contributed by atoms with Crippen molar-refractivity contribution in [3.8, 4) is 0 Å². The highest BCUT2D eigenvalue weighted by Crippen LogP contribution is 2.42. The van der Waals surface area contributed by atoms with Gasteiger partial charge in [-0.2, -0.15) is 0 Å². The third-order valence-electron chi connectivity index (χ3n) is 3.99. The van der Waals surface area contributed by atoms with E-state index in [9.17, 15) is 0 Å². The first-order valence-corrected chi connectivity index (χ1v) is 5.88. The summed E-state index contributed by atoms with van der Waals surface area (Å²) in [7, 11) is 0. The van der Waals surface area contributed by atoms with E-state index in [1.165, 1.54) is 48.6 Å². The van der Waals surface area contributed by atoms with Crippen molar-refractivity contribution in [1.82, 2.24) is 4.90 Å². The minimum Gasteiger partial charge on any atom is -0.370 e. The average molecular weight is 198 g/mol. The zero-order valence-corrected chi connectivity index (χ0v) is 8.74. The van der Waals surface area contributed by atoms with Crippen molar-refractivity contribution in [2.24, 2.45) is 10.9 Å². The molecule has 5 rings (SSSR count). The molecule has 0 aromatic carbocycles. The Morgan fingerprint density at radius 1 is 1.27 bits per heavy atom. The van der Waals surface area contributed by atoms with E-state index in [4.69, 9.17) is 4.99 Å². The summed E-state index contributed by atoms with van der Waals surface area (Å²) in [5.41, 5.74) is 5.61. The second kappa shape index (κ2) is 2.63. The Hall–Kier alpha value is -1.31. The molecule has 0 radical (unpaired) electrons. The molecule has 4 aliphatic heterocycles. The van der Waals surface area contributed by atoms with Crippen LogP contribution in [0, 0.1) is 5.92 Å². The van der Waals surface area contributed by atoms with Gasteiger partial charge in [0.05, 0.1) is 17.1 Å². The van der Waals surface area contributed by atoms with Gasteiger partial charge in [-0.3, -0.25) is 4.99 Å². The van der Waals surface area contributed by atoms with Crippen LogP contribution < -0.4 is 0 Å². The van der Waals surface area contributed by atoms with Crippen LogP contribution in [0.5, 0.6) is 0 Å². The van der Waals surface area contributed by atoms with Gasteiger partial charge in [-0.1, -0.05) is 12.2 Å². The molecule has 0 amide bonds. The summed E-state index contributed by atoms with van der Waals surface area (Å²) in [5.74, 6) is 0.754. The van der Waals surface area contributed by atoms with Gasteiger partial charge in [-0.05, 0) is 25.3 Å². The summed E-state index contributed by atoms with van der Waals surface area (Å²) in [4.78, 5) is 7.38. The largest absolute Gasteiger partial charge is 0.370 e. The lowest BCUT2D eigenvalue weighted by Crippen LogP contribution is -2.45. The fraction of sp³-hybridized carbons (Fsp3) is 0.462. The van der Waals surface area contributed by atoms with Gasteiger partial charge in [0.2, 0.25) is 0 Å². The van der Waals surface area contributed by atoms with Crippen LogP contribution in [-0.4, -0.2) is 23.7 Å². The van der Waals surface area contributed by atoms with Gasteiger partial charge in [0, 0.05) is 24.6 Å². The van der Waals surface area contributed by atoms with Crippen molar-refractivity contribution in [3.05, 3.63) is 35.2 Å². The van der Waals surface area contributed by atoms with Gasteiger partial charge in [0.15, 0.2) is 0 Å². The molecule has 3 saturated heterocycles. The van der Waals surface area contributed by atoms with Crippen LogP contribution in [0.15, 0.2) is 40.2 Å². The number of nitrogens with zero attached hydrogens (tertiary/aromatic N) is 2. The average Bonchev–Trinajstić information content (AvgIpc) is 2.71. The Balaban J connectivity index is 1.92. The Kier molecular flexibility index (Phi) is 1.39. The van der Waals surface area contributed by atoms with Crippen LogP contribution in [0.3, 0.4) is 0 Å². The van der Waals surface area contributed by atoms with Crippen molar-refractivity contribution in [2.75, 3.05) is 13.1 Å². The Morgan fingerprint density at radius 2 is 2.13 bits per heavy atom. The molecule has 4 heterocycles. The fourth-order valence-corrected chi connectivity index (χ4v) is 3.22. The molecule has 2 nitrogen and oxygen atoms in total. The zero-order chi connectivity index (χ0) is 9.83. The predicted octanol–water partition coefficient (Wildman–Crippen LogP) is 2.26. The van der Waals surface area contributed by atoms with Crippen LogP contribution in [0.2, 0.25) is 0 Å². The maximum Gasteiger partial charge on any atom is 0.0690 e. The minimum absolute atomic E-state index is 0.754. The summed E-state index contributed by atoms with van der Waals surface area (Å²) < 4.78 is 0. The van der Waals surface area contributed by atoms with Crippen molar-refractivity contribution in [1.29, 1.82) is 0 Å². The van der Waals surface area contributed by atoms with Crippen LogP contribution in [-0.2, 0) is 0 Å². The first kappa shape index (κ1) is 7.91. The first-order chi connectivity index (χ1) is 7.43. The van der Waals surface area contributed by atoms with Crippen molar-refractivity contribution >= 4 is 5.71 Å². The molecule has 0 saturated carbocycles. The molecule has 0 spiro atoms. The van der Waals surface area contributed by atoms with Crippen LogP contribution in [0.25, 0.3) is 0 Å². The van der Waals surface area contributed by atoms with Crippen molar-refractivity contribution in [2.45, 2.75) is 19.3 Å². The molecular weight excluding hydrogens is 184 g/mol. The molecule has 2 bridgehead atoms. The standard InChI is InChI=1S/C13H14N2/c1-2-4-11-10(3-1)13-12(14-11)9-5-7-15(13)8-6-9/h1-2,4,9H,3,5-8H2. The molecule has 0 atom stereocenters. The van der Waals surface area contributed by atoms with Gasteiger partial charge < -0.3 is 4.90 Å². The van der Waals surface area contributed by atoms with Crippen molar-refractivity contribution < 1.29 is 0 Å². The molecule has 3 fully saturated rings. The topological polar surface area (TPSA) is 15.6 Å². The minimum atomic E-state index is 0.754. The summed E-state index contributed by atoms with van der Waals surface area (Å²) in [6.07, 6.45) is 10.3. The monoisotopic (exact) mass is 198 g/mol. The summed E-state index contributed by atoms with van der Waals surface area (Å²) in [5, 5.41) is 0. The third kappa shape index (κ3) is 0.921. The second-order valence-corrected chi connectivity index (χ2v) is 4.77. The molecular formula is C13H14N2. The highest BCUT2D eigenvalue weighted by atomic mass is 15.2. The van der Waals surface area contributed by atoms with Crippen LogP contribution in [0.1, 0.15) is 19.3 Å². The van der Waals surface area contributed by atoms with Crippen LogP contribution >= 0.6 is 0 Å². The smallest absolute Gasteiger partial charge is 0.0690 e. The SMILES string of the molecule is C1=CCC2=C3C(=NC2=C1)C1CCN3CC1. The van der Waals surface area contributed by atoms with Gasteiger partial charge in [-0.15, -0.1) is 0 Å². The number of aliphatic imine (C=N–C) groups is 1. The van der Waals surface area contributed by atoms with Crippen LogP contribution in [0.4, 0.5) is 0 Å². The second-order valence-electron chi connectivity index (χ2n) is 4.77. The molecule has 0 unspecified atom stereocenters. The quantitative estimate of drug-likeness (QED) is 0.583. The fourth-order valence-electron chi connectivity index (χ4n) is 3.22. The number of hydrogen-bond donors (Lipinski definition) is 0. The third-order valence-corrected chi connectivity index (χ3v) is 3.99. The normalized spacial score (nSPS) is 27.9. The molecule has 5 aliphatic rings. The summed E-state index contributed by atoms with van der Waals surface area (Å²) in [6.45, 7) is 2.50. The van der Waals surface area contributed by atoms with E-state index in [2.05, 4.69) is 23.1 Å². The summed E-state index contributed by atoms with van der Waals surface area (Å²) in [6, 6.07) is 0. The predicted molar refractivity (Wildman–Crippen MR) is 60.6 cm³/mol. The van der Waals surface area contributed by atoms with E-state index in [1.54, 1.807) is 0 Å². The van der Waals surface area contributed by atoms with E-state index in [1.807, 2.05) is 0 Å². The highest BCUT2D eigenvalue weighted by Gasteiger charge is 2.40. The molecule has 76 valence electrons. The lowest BCUT2D eigenvalue weighted by molar-refractivity contribution is 0.240.